The molecule has 10 N–H and O–H groups in total. The predicted octanol–water partition coefficient (Wildman–Crippen LogP) is 0.0695. The number of rotatable bonds is 18. The number of carbonyl (C=O) groups is 7. The maximum atomic E-state index is 13.0. The molecule has 2 aromatic heterocycles. The molecule has 1 saturated heterocycles. The van der Waals surface area contributed by atoms with E-state index in [0.717, 1.165) is 5.69 Å². The minimum atomic E-state index is -1.30. The van der Waals surface area contributed by atoms with E-state index in [9.17, 15) is 38.7 Å². The Morgan fingerprint density at radius 1 is 0.983 bits per heavy atom. The van der Waals surface area contributed by atoms with Gasteiger partial charge in [-0.05, 0) is 62.1 Å². The van der Waals surface area contributed by atoms with E-state index in [2.05, 4.69) is 46.5 Å². The highest BCUT2D eigenvalue weighted by atomic mass is 16.4. The molecule has 1 fully saturated rings. The van der Waals surface area contributed by atoms with Crippen LogP contribution in [0.25, 0.3) is 11.2 Å². The lowest BCUT2D eigenvalue weighted by Crippen LogP contribution is -2.52. The number of aliphatic carboxylic acids is 1. The van der Waals surface area contributed by atoms with Gasteiger partial charge in [0, 0.05) is 67.6 Å². The number of anilines is 4. The lowest BCUT2D eigenvalue weighted by molar-refractivity contribution is -0.140. The molecule has 21 nitrogen and oxygen atoms in total. The molecule has 21 heteroatoms. The molecule has 0 radical (unpaired) electrons. The van der Waals surface area contributed by atoms with Crippen LogP contribution < -0.4 is 43.0 Å². The number of carboxylic acid groups (broad SMARTS) is 1. The number of imide groups is 1. The van der Waals surface area contributed by atoms with Crippen LogP contribution in [0.1, 0.15) is 70.5 Å². The molecule has 6 rings (SSSR count). The molecule has 2 aliphatic heterocycles. The average molecular weight is 824 g/mol. The van der Waals surface area contributed by atoms with Crippen LogP contribution >= 0.6 is 0 Å². The summed E-state index contributed by atoms with van der Waals surface area (Å²) in [5, 5.41) is 23.1. The summed E-state index contributed by atoms with van der Waals surface area (Å²) in [5.74, 6) is -3.60. The highest BCUT2D eigenvalue weighted by Gasteiger charge is 2.40. The van der Waals surface area contributed by atoms with E-state index in [1.807, 2.05) is 11.9 Å². The van der Waals surface area contributed by atoms with Crippen molar-refractivity contribution in [2.75, 3.05) is 48.4 Å². The van der Waals surface area contributed by atoms with Gasteiger partial charge >= 0.3 is 5.97 Å². The molecule has 0 aliphatic carbocycles. The fourth-order valence-corrected chi connectivity index (χ4v) is 6.82. The summed E-state index contributed by atoms with van der Waals surface area (Å²) in [5.41, 5.74) is 15.4. The van der Waals surface area contributed by atoms with Gasteiger partial charge in [-0.1, -0.05) is 6.07 Å². The molecule has 1 unspecified atom stereocenters. The zero-order valence-corrected chi connectivity index (χ0v) is 32.7. The van der Waals surface area contributed by atoms with Crippen LogP contribution in [0.15, 0.2) is 48.7 Å². The highest BCUT2D eigenvalue weighted by Crippen LogP contribution is 2.32. The van der Waals surface area contributed by atoms with Gasteiger partial charge in [0.25, 0.3) is 11.8 Å². The van der Waals surface area contributed by atoms with Crippen LogP contribution in [0.3, 0.4) is 0 Å². The van der Waals surface area contributed by atoms with Gasteiger partial charge in [0.1, 0.15) is 12.1 Å². The molecule has 314 valence electrons. The summed E-state index contributed by atoms with van der Waals surface area (Å²) in [4.78, 5) is 107. The van der Waals surface area contributed by atoms with E-state index >= 15 is 0 Å². The van der Waals surface area contributed by atoms with Gasteiger partial charge in [-0.3, -0.25) is 34.1 Å². The zero-order chi connectivity index (χ0) is 42.9. The first kappa shape index (κ1) is 42.2. The predicted molar refractivity (Wildman–Crippen MR) is 217 cm³/mol. The molecule has 0 spiro atoms. The monoisotopic (exact) mass is 823 g/mol. The number of nitrogens with zero attached hydrogens (tertiary/aromatic N) is 6. The molecule has 60 heavy (non-hydrogen) atoms. The highest BCUT2D eigenvalue weighted by molar-refractivity contribution is 6.06. The second-order valence-electron chi connectivity index (χ2n) is 14.3. The number of fused-ring (bicyclic) bond motifs is 2. The Balaban J connectivity index is 0.862. The van der Waals surface area contributed by atoms with E-state index in [4.69, 9.17) is 11.5 Å². The summed E-state index contributed by atoms with van der Waals surface area (Å²) in [7, 11) is 1.82. The van der Waals surface area contributed by atoms with Gasteiger partial charge in [0.05, 0.1) is 25.0 Å². The zero-order valence-electron chi connectivity index (χ0n) is 32.7. The minimum absolute atomic E-state index is 0.000639. The summed E-state index contributed by atoms with van der Waals surface area (Å²) in [6, 6.07) is 9.59. The van der Waals surface area contributed by atoms with E-state index in [-0.39, 0.29) is 85.4 Å². The van der Waals surface area contributed by atoms with Gasteiger partial charge in [-0.25, -0.2) is 14.8 Å². The first-order valence-electron chi connectivity index (χ1n) is 19.2. The number of benzene rings is 2. The van der Waals surface area contributed by atoms with Crippen molar-refractivity contribution in [3.05, 3.63) is 71.0 Å². The van der Waals surface area contributed by atoms with Gasteiger partial charge in [-0.2, -0.15) is 9.97 Å². The second-order valence-corrected chi connectivity index (χ2v) is 14.3. The fourth-order valence-electron chi connectivity index (χ4n) is 6.82. The molecule has 6 amide bonds. The Kier molecular flexibility index (Phi) is 13.3. The van der Waals surface area contributed by atoms with Crippen molar-refractivity contribution < 1.29 is 38.7 Å². The minimum Gasteiger partial charge on any atom is -0.480 e. The van der Waals surface area contributed by atoms with E-state index in [1.54, 1.807) is 48.7 Å². The molecule has 2 atom stereocenters. The summed E-state index contributed by atoms with van der Waals surface area (Å²) >= 11 is 0. The molecule has 0 bridgehead atoms. The number of carboxylic acids is 1. The van der Waals surface area contributed by atoms with Crippen molar-refractivity contribution in [3.8, 4) is 0 Å². The molecule has 4 aromatic rings. The SMILES string of the molecule is CN(Cc1cnc2nc(N)nc(N)c2n1)c1ccc(C(=O)N[C@@H](CCC(=O)NCCCCNC(=O)CNc2cccc3c2CN(C2CCC(=O)NC2=O)C3=O)C(=O)O)cc1. The molecular formula is C39H45N13O8. The summed E-state index contributed by atoms with van der Waals surface area (Å²) < 4.78 is 0. The first-order valence-corrected chi connectivity index (χ1v) is 19.2. The number of aromatic nitrogens is 4. The number of unbranched alkanes of at least 4 members (excludes halogenated alkanes) is 1. The standard InChI is InChI=1S/C39H45N13O8/c1-51(19-22-17-45-34-32(46-22)33(40)49-39(41)50-34)23-9-7-21(8-10-23)35(56)47-27(38(59)60)11-13-29(53)42-15-2-3-16-43-31(55)18-44-26-6-4-5-24-25(26)20-52(37(24)58)28-12-14-30(54)48-36(28)57/h4-10,17,27-28,44H,2-3,11-16,18-20H2,1H3,(H,42,53)(H,43,55)(H,47,56)(H,59,60)(H,48,54,57)(H4,40,41,45,49,50)/t27-,28?/m0/s1. The smallest absolute Gasteiger partial charge is 0.326 e. The van der Waals surface area contributed by atoms with Gasteiger partial charge < -0.3 is 47.6 Å². The molecule has 4 heterocycles. The van der Waals surface area contributed by atoms with Crippen molar-refractivity contribution in [2.24, 2.45) is 0 Å². The number of carbonyl (C=O) groups excluding carboxylic acids is 6. The quantitative estimate of drug-likeness (QED) is 0.0486. The maximum Gasteiger partial charge on any atom is 0.326 e. The van der Waals surface area contributed by atoms with Crippen molar-refractivity contribution in [2.45, 2.75) is 63.7 Å². The number of hydrogen-bond donors (Lipinski definition) is 8. The topological polar surface area (TPSA) is 310 Å². The van der Waals surface area contributed by atoms with Crippen molar-refractivity contribution in [3.63, 3.8) is 0 Å². The van der Waals surface area contributed by atoms with Crippen LogP contribution in [0, 0.1) is 0 Å². The number of nitrogen functional groups attached to an aromatic ring is 2. The number of nitrogens with one attached hydrogen (secondary N) is 5. The molecular weight excluding hydrogens is 779 g/mol. The number of piperidine rings is 1. The lowest BCUT2D eigenvalue weighted by Gasteiger charge is -2.29. The van der Waals surface area contributed by atoms with Crippen LogP contribution in [0.4, 0.5) is 23.1 Å². The Hall–Kier alpha value is -7.45. The summed E-state index contributed by atoms with van der Waals surface area (Å²) in [6.07, 6.45) is 2.80. The van der Waals surface area contributed by atoms with Crippen molar-refractivity contribution in [1.82, 2.24) is 46.1 Å². The Bertz CT molecular complexity index is 2320. The van der Waals surface area contributed by atoms with Crippen LogP contribution in [0.2, 0.25) is 0 Å². The molecule has 2 aliphatic rings. The normalized spacial score (nSPS) is 15.2. The van der Waals surface area contributed by atoms with Crippen LogP contribution in [-0.4, -0.2) is 110 Å². The Morgan fingerprint density at radius 3 is 2.43 bits per heavy atom. The summed E-state index contributed by atoms with van der Waals surface area (Å²) in [6.45, 7) is 1.10. The van der Waals surface area contributed by atoms with Gasteiger partial charge in [0.2, 0.25) is 29.6 Å². The molecule has 2 aromatic carbocycles. The van der Waals surface area contributed by atoms with E-state index < -0.39 is 29.9 Å². The second kappa shape index (κ2) is 18.9. The van der Waals surface area contributed by atoms with E-state index in [0.29, 0.717) is 60.5 Å². The van der Waals surface area contributed by atoms with Crippen molar-refractivity contribution in [1.29, 1.82) is 0 Å². The average Bonchev–Trinajstić information content (AvgIpc) is 3.55. The Labute approximate surface area is 343 Å². The van der Waals surface area contributed by atoms with Crippen LogP contribution in [-0.2, 0) is 37.1 Å². The van der Waals surface area contributed by atoms with Gasteiger partial charge in [0.15, 0.2) is 17.0 Å². The maximum absolute atomic E-state index is 13.0. The lowest BCUT2D eigenvalue weighted by atomic mass is 10.0. The molecule has 0 saturated carbocycles. The van der Waals surface area contributed by atoms with E-state index in [1.165, 1.54) is 4.90 Å². The Morgan fingerprint density at radius 2 is 1.72 bits per heavy atom. The third kappa shape index (κ3) is 10.3. The third-order valence-corrected chi connectivity index (χ3v) is 10.0. The fraction of sp³-hybridized carbons (Fsp3) is 0.359. The first-order chi connectivity index (χ1) is 28.8. The number of hydrogen-bond acceptors (Lipinski definition) is 15. The number of nitrogens with two attached hydrogens (primary N) is 2. The van der Waals surface area contributed by atoms with Gasteiger partial charge in [-0.15, -0.1) is 0 Å². The van der Waals surface area contributed by atoms with Crippen LogP contribution in [0.5, 0.6) is 0 Å². The largest absolute Gasteiger partial charge is 0.480 e. The number of amides is 6. The third-order valence-electron chi connectivity index (χ3n) is 10.0. The van der Waals surface area contributed by atoms with Crippen molar-refractivity contribution >= 4 is 75.7 Å².